The lowest BCUT2D eigenvalue weighted by molar-refractivity contribution is -0.278. The highest BCUT2D eigenvalue weighted by Gasteiger charge is 2.56. The third-order valence-electron chi connectivity index (χ3n) is 5.82. The fourth-order valence-electron chi connectivity index (χ4n) is 4.11. The molecule has 0 amide bonds. The summed E-state index contributed by atoms with van der Waals surface area (Å²) >= 11 is 3.34. The van der Waals surface area contributed by atoms with Crippen LogP contribution in [0.1, 0.15) is 77.6 Å². The van der Waals surface area contributed by atoms with Crippen LogP contribution in [-0.4, -0.2) is 42.6 Å². The Kier molecular flexibility index (Phi) is 7.63. The van der Waals surface area contributed by atoms with Crippen LogP contribution in [0.25, 0.3) is 0 Å². The van der Waals surface area contributed by atoms with Crippen LogP contribution in [-0.2, 0) is 19.7 Å². The van der Waals surface area contributed by atoms with Crippen molar-refractivity contribution in [3.63, 3.8) is 0 Å². The highest BCUT2D eigenvalue weighted by molar-refractivity contribution is 9.10. The van der Waals surface area contributed by atoms with E-state index in [2.05, 4.69) is 26.0 Å². The summed E-state index contributed by atoms with van der Waals surface area (Å²) in [6.07, 6.45) is 1.49. The molecule has 32 heavy (non-hydrogen) atoms. The van der Waals surface area contributed by atoms with Crippen LogP contribution in [0.15, 0.2) is 29.0 Å². The molecule has 1 saturated heterocycles. The third-order valence-corrected chi connectivity index (χ3v) is 6.75. The lowest BCUT2D eigenvalue weighted by atomic mass is 9.74. The van der Waals surface area contributed by atoms with Gasteiger partial charge in [-0.25, -0.2) is 9.07 Å². The number of ether oxygens (including phenoxy) is 2. The van der Waals surface area contributed by atoms with E-state index >= 15 is 0 Å². The zero-order chi connectivity index (χ0) is 23.7. The standard InChI is InChI=1S/C22H33BrFN3O4Si/c1-20(2,3)30-17(14-10-6-7-11-15(14)24)21(4,5)22(28,31-32)18-25-19(23)26-27(18)16-12-8-9-13-29-16/h6-7,10-11,16-17,28H,8-9,12-13H2,1-5,32H3. The normalized spacial score (nSPS) is 20.8. The minimum Gasteiger partial charge on any atom is -0.395 e. The zero-order valence-electron chi connectivity index (χ0n) is 19.6. The molecule has 1 aromatic heterocycles. The molecule has 178 valence electrons. The van der Waals surface area contributed by atoms with Crippen molar-refractivity contribution in [2.45, 2.75) is 77.6 Å². The van der Waals surface area contributed by atoms with Gasteiger partial charge in [-0.2, -0.15) is 4.98 Å². The summed E-state index contributed by atoms with van der Waals surface area (Å²) in [5, 5.41) is 16.5. The Bertz CT molecular complexity index is 930. The highest BCUT2D eigenvalue weighted by Crippen LogP contribution is 2.52. The van der Waals surface area contributed by atoms with Crippen molar-refractivity contribution in [1.82, 2.24) is 14.8 Å². The predicted octanol–water partition coefficient (Wildman–Crippen LogP) is 3.90. The molecule has 1 aliphatic heterocycles. The summed E-state index contributed by atoms with van der Waals surface area (Å²) in [5.41, 5.74) is -1.44. The Morgan fingerprint density at radius 3 is 2.50 bits per heavy atom. The van der Waals surface area contributed by atoms with Crippen molar-refractivity contribution in [2.24, 2.45) is 5.41 Å². The van der Waals surface area contributed by atoms with Crippen molar-refractivity contribution >= 4 is 26.4 Å². The first-order chi connectivity index (χ1) is 14.9. The quantitative estimate of drug-likeness (QED) is 0.432. The van der Waals surface area contributed by atoms with Gasteiger partial charge < -0.3 is 19.0 Å². The van der Waals surface area contributed by atoms with Crippen LogP contribution in [0.4, 0.5) is 4.39 Å². The Labute approximate surface area is 200 Å². The average Bonchev–Trinajstić information content (AvgIpc) is 3.14. The molecular formula is C22H33BrFN3O4Si. The van der Waals surface area contributed by atoms with E-state index in [1.54, 1.807) is 36.7 Å². The number of halogens is 2. The van der Waals surface area contributed by atoms with Crippen molar-refractivity contribution in [2.75, 3.05) is 6.61 Å². The van der Waals surface area contributed by atoms with E-state index in [0.717, 1.165) is 19.3 Å². The molecule has 2 aromatic rings. The molecule has 0 aliphatic carbocycles. The summed E-state index contributed by atoms with van der Waals surface area (Å²) in [4.78, 5) is 4.48. The van der Waals surface area contributed by atoms with Gasteiger partial charge >= 0.3 is 0 Å². The van der Waals surface area contributed by atoms with Gasteiger partial charge in [0.15, 0.2) is 12.1 Å². The van der Waals surface area contributed by atoms with E-state index in [1.807, 2.05) is 20.8 Å². The Morgan fingerprint density at radius 1 is 1.25 bits per heavy atom. The minimum atomic E-state index is -1.92. The molecule has 0 bridgehead atoms. The molecule has 1 N–H and O–H groups in total. The summed E-state index contributed by atoms with van der Waals surface area (Å²) in [5.74, 6) is -2.13. The van der Waals surface area contributed by atoms with Crippen LogP contribution in [0, 0.1) is 11.2 Å². The number of hydrogen-bond acceptors (Lipinski definition) is 6. The molecule has 7 nitrogen and oxygen atoms in total. The first-order valence-electron chi connectivity index (χ1n) is 10.8. The van der Waals surface area contributed by atoms with Gasteiger partial charge in [-0.15, -0.1) is 5.10 Å². The van der Waals surface area contributed by atoms with E-state index in [4.69, 9.17) is 13.9 Å². The second kappa shape index (κ2) is 9.59. The van der Waals surface area contributed by atoms with Crippen LogP contribution < -0.4 is 0 Å². The maximum absolute atomic E-state index is 15.0. The minimum absolute atomic E-state index is 0.195. The van der Waals surface area contributed by atoms with Crippen molar-refractivity contribution in [1.29, 1.82) is 0 Å². The van der Waals surface area contributed by atoms with Crippen molar-refractivity contribution < 1.29 is 23.4 Å². The van der Waals surface area contributed by atoms with Gasteiger partial charge in [0, 0.05) is 12.2 Å². The van der Waals surface area contributed by atoms with E-state index < -0.39 is 28.7 Å². The average molecular weight is 531 g/mol. The molecule has 3 unspecified atom stereocenters. The summed E-state index contributed by atoms with van der Waals surface area (Å²) in [7, 11) is 0.195. The number of aromatic nitrogens is 3. The number of aliphatic hydroxyl groups is 1. The van der Waals surface area contributed by atoms with Crippen molar-refractivity contribution in [3.05, 3.63) is 46.2 Å². The molecule has 2 heterocycles. The number of benzene rings is 1. The lowest BCUT2D eigenvalue weighted by Gasteiger charge is -2.47. The first-order valence-corrected chi connectivity index (χ1v) is 12.5. The summed E-state index contributed by atoms with van der Waals surface area (Å²) < 4.78 is 35.0. The summed E-state index contributed by atoms with van der Waals surface area (Å²) in [6.45, 7) is 9.88. The fourth-order valence-corrected chi connectivity index (χ4v) is 5.15. The number of nitrogens with zero attached hydrogens (tertiary/aromatic N) is 3. The van der Waals surface area contributed by atoms with Crippen LogP contribution in [0.5, 0.6) is 0 Å². The van der Waals surface area contributed by atoms with Gasteiger partial charge in [0.05, 0.1) is 17.1 Å². The van der Waals surface area contributed by atoms with Gasteiger partial charge in [-0.05, 0) is 62.0 Å². The Balaban J connectivity index is 2.15. The van der Waals surface area contributed by atoms with E-state index in [1.165, 1.54) is 6.07 Å². The maximum Gasteiger partial charge on any atom is 0.225 e. The highest BCUT2D eigenvalue weighted by atomic mass is 79.9. The largest absolute Gasteiger partial charge is 0.395 e. The van der Waals surface area contributed by atoms with E-state index in [9.17, 15) is 9.50 Å². The SMILES string of the molecule is CC(C)(C)OC(c1ccccc1F)C(C)(C)C(O)(O[SiH3])c1nc(Br)nn1C1CCCCO1. The van der Waals surface area contributed by atoms with Gasteiger partial charge in [0.25, 0.3) is 0 Å². The first kappa shape index (κ1) is 25.4. The van der Waals surface area contributed by atoms with Crippen LogP contribution in [0.3, 0.4) is 0 Å². The molecule has 3 rings (SSSR count). The lowest BCUT2D eigenvalue weighted by Crippen LogP contribution is -2.51. The molecule has 1 aliphatic rings. The van der Waals surface area contributed by atoms with E-state index in [-0.39, 0.29) is 22.5 Å². The monoisotopic (exact) mass is 529 g/mol. The van der Waals surface area contributed by atoms with Crippen LogP contribution in [0.2, 0.25) is 0 Å². The molecular weight excluding hydrogens is 497 g/mol. The van der Waals surface area contributed by atoms with Crippen LogP contribution >= 0.6 is 15.9 Å². The molecule has 0 spiro atoms. The molecule has 0 radical (unpaired) electrons. The summed E-state index contributed by atoms with van der Waals surface area (Å²) in [6, 6.07) is 6.44. The van der Waals surface area contributed by atoms with E-state index in [0.29, 0.717) is 16.9 Å². The van der Waals surface area contributed by atoms with Gasteiger partial charge in [0.2, 0.25) is 10.5 Å². The third kappa shape index (κ3) is 5.00. The molecule has 3 atom stereocenters. The molecule has 1 aromatic carbocycles. The molecule has 10 heteroatoms. The fraction of sp³-hybridized carbons (Fsp3) is 0.636. The maximum atomic E-state index is 15.0. The zero-order valence-corrected chi connectivity index (χ0v) is 23.1. The van der Waals surface area contributed by atoms with Gasteiger partial charge in [-0.3, -0.25) is 0 Å². The van der Waals surface area contributed by atoms with Gasteiger partial charge in [0.1, 0.15) is 16.3 Å². The number of rotatable bonds is 7. The van der Waals surface area contributed by atoms with Gasteiger partial charge in [-0.1, -0.05) is 32.0 Å². The second-order valence-corrected chi connectivity index (χ2v) is 10.8. The number of hydrogen-bond donors (Lipinski definition) is 1. The molecule has 1 fully saturated rings. The second-order valence-electron chi connectivity index (χ2n) is 9.67. The Hall–Kier alpha value is -1.17. The molecule has 0 saturated carbocycles. The smallest absolute Gasteiger partial charge is 0.225 e. The Morgan fingerprint density at radius 2 is 1.94 bits per heavy atom. The topological polar surface area (TPSA) is 78.6 Å². The predicted molar refractivity (Wildman–Crippen MR) is 125 cm³/mol. The van der Waals surface area contributed by atoms with Crippen molar-refractivity contribution in [3.8, 4) is 0 Å².